The fourth-order valence-electron chi connectivity index (χ4n) is 2.68. The van der Waals surface area contributed by atoms with Crippen molar-refractivity contribution in [2.75, 3.05) is 20.8 Å². The van der Waals surface area contributed by atoms with Crippen LogP contribution in [0.25, 0.3) is 0 Å². The van der Waals surface area contributed by atoms with E-state index in [-0.39, 0.29) is 5.60 Å². The molecule has 19 heavy (non-hydrogen) atoms. The minimum Gasteiger partial charge on any atom is -0.493 e. The molecule has 0 heterocycles. The van der Waals surface area contributed by atoms with E-state index in [0.717, 1.165) is 25.7 Å². The van der Waals surface area contributed by atoms with E-state index in [2.05, 4.69) is 0 Å². The molecule has 1 aliphatic rings. The maximum absolute atomic E-state index is 6.26. The van der Waals surface area contributed by atoms with Crippen LogP contribution >= 0.6 is 0 Å². The largest absolute Gasteiger partial charge is 0.493 e. The number of methoxy groups -OCH3 is 2. The van der Waals surface area contributed by atoms with Crippen molar-refractivity contribution in [2.24, 2.45) is 5.73 Å². The maximum atomic E-state index is 6.26. The highest BCUT2D eigenvalue weighted by Gasteiger charge is 2.34. The summed E-state index contributed by atoms with van der Waals surface area (Å²) in [6, 6.07) is 5.65. The Morgan fingerprint density at radius 1 is 1.05 bits per heavy atom. The summed E-state index contributed by atoms with van der Waals surface area (Å²) < 4.78 is 17.0. The topological polar surface area (TPSA) is 53.7 Å². The summed E-state index contributed by atoms with van der Waals surface area (Å²) in [5.74, 6) is 2.05. The molecule has 0 spiro atoms. The third-order valence-corrected chi connectivity index (χ3v) is 3.84. The van der Waals surface area contributed by atoms with Crippen LogP contribution < -0.4 is 19.9 Å². The van der Waals surface area contributed by atoms with Gasteiger partial charge in [-0.05, 0) is 37.8 Å². The van der Waals surface area contributed by atoms with Gasteiger partial charge in [-0.15, -0.1) is 0 Å². The van der Waals surface area contributed by atoms with E-state index in [1.807, 2.05) is 18.2 Å². The van der Waals surface area contributed by atoms with Crippen LogP contribution in [-0.4, -0.2) is 26.4 Å². The number of benzene rings is 1. The van der Waals surface area contributed by atoms with Gasteiger partial charge in [0, 0.05) is 6.54 Å². The standard InChI is InChI=1S/C15H23NO3/c1-17-12-7-6-8-13(18-2)14(12)19-15(11-16)9-4-3-5-10-15/h6-8H,3-5,9-11,16H2,1-2H3. The van der Waals surface area contributed by atoms with E-state index >= 15 is 0 Å². The molecule has 106 valence electrons. The smallest absolute Gasteiger partial charge is 0.204 e. The Labute approximate surface area is 114 Å². The van der Waals surface area contributed by atoms with Gasteiger partial charge in [0.25, 0.3) is 0 Å². The van der Waals surface area contributed by atoms with Crippen molar-refractivity contribution in [3.8, 4) is 17.2 Å². The van der Waals surface area contributed by atoms with Crippen molar-refractivity contribution in [3.05, 3.63) is 18.2 Å². The molecule has 0 radical (unpaired) electrons. The van der Waals surface area contributed by atoms with Crippen LogP contribution in [0, 0.1) is 0 Å². The Morgan fingerprint density at radius 2 is 1.63 bits per heavy atom. The molecular weight excluding hydrogens is 242 g/mol. The second-order valence-electron chi connectivity index (χ2n) is 5.04. The highest BCUT2D eigenvalue weighted by atomic mass is 16.5. The van der Waals surface area contributed by atoms with Crippen LogP contribution in [0.3, 0.4) is 0 Å². The van der Waals surface area contributed by atoms with Crippen LogP contribution in [0.4, 0.5) is 0 Å². The first-order valence-corrected chi connectivity index (χ1v) is 6.85. The minimum atomic E-state index is -0.278. The molecule has 1 aromatic carbocycles. The normalized spacial score (nSPS) is 17.8. The summed E-state index contributed by atoms with van der Waals surface area (Å²) in [6.45, 7) is 0.522. The maximum Gasteiger partial charge on any atom is 0.204 e. The van der Waals surface area contributed by atoms with E-state index < -0.39 is 0 Å². The molecule has 0 atom stereocenters. The zero-order valence-electron chi connectivity index (χ0n) is 11.8. The van der Waals surface area contributed by atoms with Crippen LogP contribution in [0.1, 0.15) is 32.1 Å². The first-order chi connectivity index (χ1) is 9.24. The average molecular weight is 265 g/mol. The Morgan fingerprint density at radius 3 is 2.11 bits per heavy atom. The molecule has 0 amide bonds. The van der Waals surface area contributed by atoms with Gasteiger partial charge < -0.3 is 19.9 Å². The lowest BCUT2D eigenvalue weighted by Gasteiger charge is -2.37. The van der Waals surface area contributed by atoms with E-state index in [9.17, 15) is 0 Å². The highest BCUT2D eigenvalue weighted by molar-refractivity contribution is 5.51. The van der Waals surface area contributed by atoms with Crippen LogP contribution in [0.5, 0.6) is 17.2 Å². The molecule has 4 heteroatoms. The minimum absolute atomic E-state index is 0.278. The summed E-state index contributed by atoms with van der Waals surface area (Å²) in [4.78, 5) is 0. The van der Waals surface area contributed by atoms with E-state index in [1.165, 1.54) is 6.42 Å². The molecule has 0 unspecified atom stereocenters. The predicted molar refractivity (Wildman–Crippen MR) is 75.0 cm³/mol. The quantitative estimate of drug-likeness (QED) is 0.889. The zero-order valence-corrected chi connectivity index (χ0v) is 11.8. The molecule has 0 saturated heterocycles. The Bertz CT molecular complexity index is 392. The third kappa shape index (κ3) is 2.95. The Balaban J connectivity index is 2.30. The van der Waals surface area contributed by atoms with Crippen molar-refractivity contribution in [1.29, 1.82) is 0 Å². The molecule has 1 aliphatic carbocycles. The van der Waals surface area contributed by atoms with Crippen molar-refractivity contribution in [2.45, 2.75) is 37.7 Å². The highest BCUT2D eigenvalue weighted by Crippen LogP contribution is 2.42. The zero-order chi connectivity index (χ0) is 13.7. The molecule has 2 rings (SSSR count). The number of ether oxygens (including phenoxy) is 3. The number of rotatable bonds is 5. The second-order valence-corrected chi connectivity index (χ2v) is 5.04. The lowest BCUT2D eigenvalue weighted by Crippen LogP contribution is -2.45. The molecule has 1 aromatic rings. The molecule has 0 bridgehead atoms. The van der Waals surface area contributed by atoms with Gasteiger partial charge >= 0.3 is 0 Å². The number of nitrogens with two attached hydrogens (primary N) is 1. The van der Waals surface area contributed by atoms with Crippen LogP contribution in [0.15, 0.2) is 18.2 Å². The van der Waals surface area contributed by atoms with Crippen molar-refractivity contribution < 1.29 is 14.2 Å². The Hall–Kier alpha value is -1.42. The first-order valence-electron chi connectivity index (χ1n) is 6.85. The fraction of sp³-hybridized carbons (Fsp3) is 0.600. The summed E-state index contributed by atoms with van der Waals surface area (Å²) in [7, 11) is 3.27. The van der Waals surface area contributed by atoms with E-state index in [0.29, 0.717) is 23.8 Å². The van der Waals surface area contributed by atoms with Crippen LogP contribution in [0.2, 0.25) is 0 Å². The third-order valence-electron chi connectivity index (χ3n) is 3.84. The fourth-order valence-corrected chi connectivity index (χ4v) is 2.68. The van der Waals surface area contributed by atoms with Gasteiger partial charge in [0.1, 0.15) is 5.60 Å². The van der Waals surface area contributed by atoms with Crippen LogP contribution in [-0.2, 0) is 0 Å². The molecule has 4 nitrogen and oxygen atoms in total. The second kappa shape index (κ2) is 6.15. The monoisotopic (exact) mass is 265 g/mol. The lowest BCUT2D eigenvalue weighted by atomic mass is 9.84. The van der Waals surface area contributed by atoms with E-state index in [1.54, 1.807) is 14.2 Å². The van der Waals surface area contributed by atoms with Gasteiger partial charge in [0.05, 0.1) is 14.2 Å². The van der Waals surface area contributed by atoms with Gasteiger partial charge in [0.15, 0.2) is 11.5 Å². The SMILES string of the molecule is COc1cccc(OC)c1OC1(CN)CCCCC1. The molecule has 1 fully saturated rings. The summed E-state index contributed by atoms with van der Waals surface area (Å²) in [6.07, 6.45) is 5.56. The van der Waals surface area contributed by atoms with Gasteiger partial charge in [-0.1, -0.05) is 12.5 Å². The summed E-state index contributed by atoms with van der Waals surface area (Å²) >= 11 is 0. The molecular formula is C15H23NO3. The molecule has 0 aliphatic heterocycles. The van der Waals surface area contributed by atoms with Gasteiger partial charge in [-0.3, -0.25) is 0 Å². The van der Waals surface area contributed by atoms with E-state index in [4.69, 9.17) is 19.9 Å². The van der Waals surface area contributed by atoms with Gasteiger partial charge in [-0.2, -0.15) is 0 Å². The number of hydrogen-bond donors (Lipinski definition) is 1. The Kier molecular flexibility index (Phi) is 4.53. The molecule has 2 N–H and O–H groups in total. The average Bonchev–Trinajstić information content (AvgIpc) is 2.48. The van der Waals surface area contributed by atoms with Gasteiger partial charge in [0.2, 0.25) is 5.75 Å². The number of hydrogen-bond acceptors (Lipinski definition) is 4. The molecule has 1 saturated carbocycles. The number of para-hydroxylation sites is 1. The summed E-state index contributed by atoms with van der Waals surface area (Å²) in [5, 5.41) is 0. The lowest BCUT2D eigenvalue weighted by molar-refractivity contribution is 0.0335. The first kappa shape index (κ1) is 14.0. The molecule has 0 aromatic heterocycles. The van der Waals surface area contributed by atoms with Gasteiger partial charge in [-0.25, -0.2) is 0 Å². The van der Waals surface area contributed by atoms with Crippen molar-refractivity contribution >= 4 is 0 Å². The predicted octanol–water partition coefficient (Wildman–Crippen LogP) is 2.74. The summed E-state index contributed by atoms with van der Waals surface area (Å²) in [5.41, 5.74) is 5.68. The van der Waals surface area contributed by atoms with Crippen molar-refractivity contribution in [1.82, 2.24) is 0 Å². The van der Waals surface area contributed by atoms with Crippen molar-refractivity contribution in [3.63, 3.8) is 0 Å².